The third-order valence-corrected chi connectivity index (χ3v) is 6.25. The number of hydrogen-bond donors (Lipinski definition) is 2. The first-order chi connectivity index (χ1) is 16.1. The molecule has 1 fully saturated rings. The van der Waals surface area contributed by atoms with E-state index >= 15 is 0 Å². The Balaban J connectivity index is 1.63. The maximum atomic E-state index is 13.5. The van der Waals surface area contributed by atoms with E-state index in [4.69, 9.17) is 0 Å². The molecule has 3 aromatic rings. The van der Waals surface area contributed by atoms with Crippen LogP contribution in [-0.2, 0) is 11.2 Å². The van der Waals surface area contributed by atoms with Gasteiger partial charge in [-0.05, 0) is 60.6 Å². The number of carboxylic acid groups (broad SMARTS) is 1. The molecule has 1 atom stereocenters. The molecule has 5 heteroatoms. The first kappa shape index (κ1) is 22.6. The number of rotatable bonds is 8. The molecule has 1 saturated heterocycles. The Morgan fingerprint density at radius 2 is 1.52 bits per heavy atom. The molecule has 0 saturated carbocycles. The Bertz CT molecular complexity index is 1070. The molecule has 1 unspecified atom stereocenters. The molecule has 4 rings (SSSR count). The number of hydrogen-bond acceptors (Lipinski definition) is 3. The summed E-state index contributed by atoms with van der Waals surface area (Å²) < 4.78 is 0. The van der Waals surface area contributed by atoms with Crippen LogP contribution in [0, 0.1) is 0 Å². The highest BCUT2D eigenvalue weighted by atomic mass is 16.4. The first-order valence-electron chi connectivity index (χ1n) is 11.6. The Morgan fingerprint density at radius 3 is 2.21 bits per heavy atom. The number of carboxylic acids is 1. The fraction of sp³-hybridized carbons (Fsp3) is 0.286. The molecule has 0 bridgehead atoms. The van der Waals surface area contributed by atoms with Gasteiger partial charge in [-0.25, -0.2) is 4.79 Å². The van der Waals surface area contributed by atoms with Crippen LogP contribution in [0.25, 0.3) is 0 Å². The molecule has 0 radical (unpaired) electrons. The predicted octanol–water partition coefficient (Wildman–Crippen LogP) is 4.87. The standard InChI is InChI=1S/C28H30N2O3/c31-27(29-18-17-21-9-3-1-4-10-21)26(22-13-15-23(16-14-22)28(32)33)24-11-5-6-12-25(24)30-19-7-2-8-20-30/h1,3-6,9-16,26H,2,7-8,17-20H2,(H,29,31)(H,32,33). The van der Waals surface area contributed by atoms with Crippen molar-refractivity contribution in [3.8, 4) is 0 Å². The number of carbonyl (C=O) groups excluding carboxylic acids is 1. The first-order valence-corrected chi connectivity index (χ1v) is 11.6. The van der Waals surface area contributed by atoms with E-state index in [1.807, 2.05) is 36.4 Å². The quantitative estimate of drug-likeness (QED) is 0.522. The van der Waals surface area contributed by atoms with E-state index in [1.54, 1.807) is 24.3 Å². The summed E-state index contributed by atoms with van der Waals surface area (Å²) in [6.45, 7) is 2.51. The molecule has 1 heterocycles. The van der Waals surface area contributed by atoms with Crippen LogP contribution in [0.1, 0.15) is 52.2 Å². The van der Waals surface area contributed by atoms with Crippen LogP contribution in [0.15, 0.2) is 78.9 Å². The number of benzene rings is 3. The fourth-order valence-electron chi connectivity index (χ4n) is 4.52. The molecule has 0 spiro atoms. The second-order valence-electron chi connectivity index (χ2n) is 8.49. The summed E-state index contributed by atoms with van der Waals surface area (Å²) in [5, 5.41) is 12.4. The van der Waals surface area contributed by atoms with Crippen molar-refractivity contribution in [1.82, 2.24) is 5.32 Å². The van der Waals surface area contributed by atoms with E-state index in [0.717, 1.165) is 49.2 Å². The SMILES string of the molecule is O=C(O)c1ccc(C(C(=O)NCCc2ccccc2)c2ccccc2N2CCCCC2)cc1. The molecule has 5 nitrogen and oxygen atoms in total. The number of para-hydroxylation sites is 1. The lowest BCUT2D eigenvalue weighted by Crippen LogP contribution is -2.34. The van der Waals surface area contributed by atoms with Crippen molar-refractivity contribution in [2.24, 2.45) is 0 Å². The number of anilines is 1. The molecule has 1 aliphatic rings. The van der Waals surface area contributed by atoms with Gasteiger partial charge in [0.25, 0.3) is 0 Å². The summed E-state index contributed by atoms with van der Waals surface area (Å²) in [6.07, 6.45) is 4.29. The fourth-order valence-corrected chi connectivity index (χ4v) is 4.52. The van der Waals surface area contributed by atoms with Gasteiger partial charge in [0.05, 0.1) is 11.5 Å². The van der Waals surface area contributed by atoms with E-state index in [-0.39, 0.29) is 11.5 Å². The molecule has 3 aromatic carbocycles. The number of carbonyl (C=O) groups is 2. The Hall–Kier alpha value is -3.60. The Labute approximate surface area is 195 Å². The van der Waals surface area contributed by atoms with Gasteiger partial charge in [-0.1, -0.05) is 60.7 Å². The lowest BCUT2D eigenvalue weighted by atomic mass is 9.88. The van der Waals surface area contributed by atoms with Gasteiger partial charge in [0.2, 0.25) is 5.91 Å². The summed E-state index contributed by atoms with van der Waals surface area (Å²) in [6, 6.07) is 24.9. The van der Waals surface area contributed by atoms with Crippen LogP contribution >= 0.6 is 0 Å². The van der Waals surface area contributed by atoms with E-state index in [2.05, 4.69) is 28.4 Å². The molecule has 0 aliphatic carbocycles. The topological polar surface area (TPSA) is 69.6 Å². The van der Waals surface area contributed by atoms with Crippen molar-refractivity contribution in [3.63, 3.8) is 0 Å². The van der Waals surface area contributed by atoms with Gasteiger partial charge in [-0.2, -0.15) is 0 Å². The van der Waals surface area contributed by atoms with E-state index in [0.29, 0.717) is 6.54 Å². The minimum absolute atomic E-state index is 0.0709. The van der Waals surface area contributed by atoms with Crippen molar-refractivity contribution in [3.05, 3.63) is 101 Å². The van der Waals surface area contributed by atoms with Crippen LogP contribution < -0.4 is 10.2 Å². The van der Waals surface area contributed by atoms with Gasteiger partial charge in [-0.15, -0.1) is 0 Å². The average molecular weight is 443 g/mol. The molecule has 2 N–H and O–H groups in total. The van der Waals surface area contributed by atoms with Crippen LogP contribution in [0.5, 0.6) is 0 Å². The molecule has 1 aliphatic heterocycles. The summed E-state index contributed by atoms with van der Waals surface area (Å²) in [5.74, 6) is -1.56. The summed E-state index contributed by atoms with van der Waals surface area (Å²) >= 11 is 0. The van der Waals surface area contributed by atoms with Gasteiger partial charge in [-0.3, -0.25) is 4.79 Å². The van der Waals surface area contributed by atoms with Crippen molar-refractivity contribution in [2.75, 3.05) is 24.5 Å². The summed E-state index contributed by atoms with van der Waals surface area (Å²) in [4.78, 5) is 27.2. The van der Waals surface area contributed by atoms with E-state index < -0.39 is 11.9 Å². The maximum Gasteiger partial charge on any atom is 0.335 e. The average Bonchev–Trinajstić information content (AvgIpc) is 2.86. The van der Waals surface area contributed by atoms with Crippen LogP contribution in [0.2, 0.25) is 0 Å². The maximum absolute atomic E-state index is 13.5. The van der Waals surface area contributed by atoms with Crippen molar-refractivity contribution in [2.45, 2.75) is 31.6 Å². The largest absolute Gasteiger partial charge is 0.478 e. The van der Waals surface area contributed by atoms with Crippen LogP contribution in [0.3, 0.4) is 0 Å². The zero-order chi connectivity index (χ0) is 23.0. The second kappa shape index (κ2) is 10.8. The smallest absolute Gasteiger partial charge is 0.335 e. The second-order valence-corrected chi connectivity index (χ2v) is 8.49. The van der Waals surface area contributed by atoms with E-state index in [1.165, 1.54) is 12.0 Å². The van der Waals surface area contributed by atoms with Crippen molar-refractivity contribution < 1.29 is 14.7 Å². The zero-order valence-electron chi connectivity index (χ0n) is 18.7. The van der Waals surface area contributed by atoms with Crippen molar-refractivity contribution in [1.29, 1.82) is 0 Å². The number of amides is 1. The molecule has 33 heavy (non-hydrogen) atoms. The Morgan fingerprint density at radius 1 is 0.848 bits per heavy atom. The third-order valence-electron chi connectivity index (χ3n) is 6.25. The van der Waals surface area contributed by atoms with Crippen molar-refractivity contribution >= 4 is 17.6 Å². The normalized spacial score (nSPS) is 14.5. The van der Waals surface area contributed by atoms with Gasteiger partial charge in [0.15, 0.2) is 0 Å². The van der Waals surface area contributed by atoms with Gasteiger partial charge >= 0.3 is 5.97 Å². The monoisotopic (exact) mass is 442 g/mol. The lowest BCUT2D eigenvalue weighted by Gasteiger charge is -2.32. The zero-order valence-corrected chi connectivity index (χ0v) is 18.7. The summed E-state index contributed by atoms with van der Waals surface area (Å²) in [7, 11) is 0. The highest BCUT2D eigenvalue weighted by molar-refractivity contribution is 5.90. The van der Waals surface area contributed by atoms with Gasteiger partial charge in [0, 0.05) is 25.3 Å². The third kappa shape index (κ3) is 5.61. The van der Waals surface area contributed by atoms with E-state index in [9.17, 15) is 14.7 Å². The number of nitrogens with zero attached hydrogens (tertiary/aromatic N) is 1. The minimum atomic E-state index is -0.973. The van der Waals surface area contributed by atoms with Gasteiger partial charge < -0.3 is 15.3 Å². The van der Waals surface area contributed by atoms with Gasteiger partial charge in [0.1, 0.15) is 0 Å². The highest BCUT2D eigenvalue weighted by Crippen LogP contribution is 2.34. The number of piperidine rings is 1. The molecule has 170 valence electrons. The molecule has 1 amide bonds. The lowest BCUT2D eigenvalue weighted by molar-refractivity contribution is -0.121. The van der Waals surface area contributed by atoms with Crippen LogP contribution in [0.4, 0.5) is 5.69 Å². The predicted molar refractivity (Wildman–Crippen MR) is 131 cm³/mol. The Kier molecular flexibility index (Phi) is 7.40. The van der Waals surface area contributed by atoms with Crippen LogP contribution in [-0.4, -0.2) is 36.6 Å². The molecular formula is C28H30N2O3. The molecule has 0 aromatic heterocycles. The number of nitrogens with one attached hydrogen (secondary N) is 1. The molecular weight excluding hydrogens is 412 g/mol. The number of aromatic carboxylic acids is 1. The highest BCUT2D eigenvalue weighted by Gasteiger charge is 2.27. The summed E-state index contributed by atoms with van der Waals surface area (Å²) in [5.41, 5.74) is 4.23. The minimum Gasteiger partial charge on any atom is -0.478 e.